The number of carbonyl (C=O) groups excluding carboxylic acids is 4. The molecule has 3 aromatic rings. The minimum Gasteiger partial charge on any atom is -0.507 e. The fourth-order valence-electron chi connectivity index (χ4n) is 8.27. The van der Waals surface area contributed by atoms with Gasteiger partial charge in [-0.25, -0.2) is 19.4 Å². The summed E-state index contributed by atoms with van der Waals surface area (Å²) in [5, 5.41) is 13.4. The zero-order chi connectivity index (χ0) is 40.6. The Morgan fingerprint density at radius 2 is 1.64 bits per heavy atom. The molecule has 0 bridgehead atoms. The van der Waals surface area contributed by atoms with Crippen molar-refractivity contribution in [1.29, 1.82) is 0 Å². The van der Waals surface area contributed by atoms with Gasteiger partial charge in [0.2, 0.25) is 0 Å². The molecule has 15 nitrogen and oxygen atoms in total. The number of aryl methyl sites for hydroxylation is 2. The molecule has 5 heterocycles. The van der Waals surface area contributed by atoms with E-state index in [-0.39, 0.29) is 30.2 Å². The van der Waals surface area contributed by atoms with Crippen LogP contribution in [0.3, 0.4) is 0 Å². The summed E-state index contributed by atoms with van der Waals surface area (Å²) in [6.07, 6.45) is 2.75. The number of nitrogens with one attached hydrogen (secondary N) is 1. The number of pyridine rings is 1. The number of phenolic OH excluding ortho intramolecular Hbond substituents is 1. The first kappa shape index (κ1) is 40.8. The van der Waals surface area contributed by atoms with E-state index in [9.17, 15) is 24.3 Å². The van der Waals surface area contributed by atoms with E-state index in [1.807, 2.05) is 41.3 Å². The molecule has 58 heavy (non-hydrogen) atoms. The van der Waals surface area contributed by atoms with Gasteiger partial charge in [0.1, 0.15) is 11.6 Å². The first-order valence-electron chi connectivity index (χ1n) is 20.5. The summed E-state index contributed by atoms with van der Waals surface area (Å²) in [7, 11) is 0. The molecule has 2 N–H and O–H groups in total. The van der Waals surface area contributed by atoms with Gasteiger partial charge in [-0.05, 0) is 80.0 Å². The van der Waals surface area contributed by atoms with Crippen LogP contribution in [0.2, 0.25) is 0 Å². The first-order valence-corrected chi connectivity index (χ1v) is 20.5. The van der Waals surface area contributed by atoms with Gasteiger partial charge in [-0.15, -0.1) is 0 Å². The second-order valence-electron chi connectivity index (χ2n) is 15.6. The highest BCUT2D eigenvalue weighted by molar-refractivity contribution is 5.91. The van der Waals surface area contributed by atoms with E-state index in [1.54, 1.807) is 35.8 Å². The maximum absolute atomic E-state index is 14.2. The molecule has 4 amide bonds. The number of para-hydroxylation sites is 1. The molecule has 0 aliphatic carbocycles. The number of nitrogens with zero attached hydrogens (tertiary/aromatic N) is 6. The number of urea groups is 1. The monoisotopic (exact) mass is 797 g/mol. The maximum Gasteiger partial charge on any atom is 0.410 e. The first-order chi connectivity index (χ1) is 28.1. The normalized spacial score (nSPS) is 18.6. The van der Waals surface area contributed by atoms with Crippen LogP contribution < -0.4 is 10.2 Å². The molecule has 7 rings (SSSR count). The number of piperazine rings is 1. The van der Waals surface area contributed by atoms with Crippen molar-refractivity contribution in [3.05, 3.63) is 82.5 Å². The molecule has 0 saturated carbocycles. The van der Waals surface area contributed by atoms with E-state index in [1.165, 1.54) is 6.20 Å². The third kappa shape index (κ3) is 9.99. The van der Waals surface area contributed by atoms with Gasteiger partial charge >= 0.3 is 18.1 Å². The average Bonchev–Trinajstić information content (AvgIpc) is 3.42. The number of morpholine rings is 1. The molecule has 3 saturated heterocycles. The Labute approximate surface area is 339 Å². The fraction of sp³-hybridized carbons (Fsp3) is 0.512. The number of fused-ring (bicyclic) bond motifs is 1. The standard InChI is InChI=1S/C43H55N7O8/c1-30-26-32(27-31(2)39(30)51)28-37(58-43(55)49-14-11-35(12-15-49)50-16-10-33-6-3-4-7-36(33)45-42(50)54)40(52)48-19-17-47(18-20-48)38-9-8-34(29-44-38)41(53)57-23-5-13-46-21-24-56-25-22-46/h3-4,6-9,26-27,29,35,37,51H,5,10-25,28H2,1-2H3,(H,45,54)/t37-/m1/s1. The van der Waals surface area contributed by atoms with Gasteiger partial charge < -0.3 is 44.2 Å². The van der Waals surface area contributed by atoms with Crippen molar-refractivity contribution in [1.82, 2.24) is 24.6 Å². The number of esters is 1. The quantitative estimate of drug-likeness (QED) is 0.212. The van der Waals surface area contributed by atoms with Crippen molar-refractivity contribution in [3.63, 3.8) is 0 Å². The second-order valence-corrected chi connectivity index (χ2v) is 15.6. The van der Waals surface area contributed by atoms with Crippen molar-refractivity contribution in [3.8, 4) is 5.75 Å². The molecule has 0 unspecified atom stereocenters. The Morgan fingerprint density at radius 1 is 0.914 bits per heavy atom. The average molecular weight is 798 g/mol. The molecule has 3 fully saturated rings. The third-order valence-corrected chi connectivity index (χ3v) is 11.7. The number of hydrogen-bond acceptors (Lipinski definition) is 11. The smallest absolute Gasteiger partial charge is 0.410 e. The van der Waals surface area contributed by atoms with E-state index in [0.717, 1.165) is 62.5 Å². The Balaban J connectivity index is 0.927. The zero-order valence-corrected chi connectivity index (χ0v) is 33.6. The molecule has 1 aromatic heterocycles. The van der Waals surface area contributed by atoms with Crippen LogP contribution in [-0.4, -0.2) is 151 Å². The van der Waals surface area contributed by atoms with Gasteiger partial charge in [-0.1, -0.05) is 30.3 Å². The number of benzene rings is 2. The highest BCUT2D eigenvalue weighted by Crippen LogP contribution is 2.27. The van der Waals surface area contributed by atoms with Gasteiger partial charge in [-0.2, -0.15) is 0 Å². The molecular weight excluding hydrogens is 743 g/mol. The molecule has 0 radical (unpaired) electrons. The van der Waals surface area contributed by atoms with Gasteiger partial charge in [0, 0.05) is 89.8 Å². The predicted octanol–water partition coefficient (Wildman–Crippen LogP) is 4.23. The fourth-order valence-corrected chi connectivity index (χ4v) is 8.27. The number of aromatic hydroxyl groups is 1. The summed E-state index contributed by atoms with van der Waals surface area (Å²) in [5.74, 6) is 0.200. The van der Waals surface area contributed by atoms with Crippen molar-refractivity contribution in [2.45, 2.75) is 58.1 Å². The zero-order valence-electron chi connectivity index (χ0n) is 33.6. The Hall–Kier alpha value is -5.41. The number of phenols is 1. The van der Waals surface area contributed by atoms with Crippen LogP contribution in [0.1, 0.15) is 51.9 Å². The lowest BCUT2D eigenvalue weighted by molar-refractivity contribution is -0.141. The lowest BCUT2D eigenvalue weighted by Crippen LogP contribution is -2.54. The predicted molar refractivity (Wildman–Crippen MR) is 217 cm³/mol. The van der Waals surface area contributed by atoms with Crippen molar-refractivity contribution in [2.24, 2.45) is 0 Å². The SMILES string of the molecule is Cc1cc(C[C@@H](OC(=O)N2CCC(N3CCc4ccccc4NC3=O)CC2)C(=O)N2CCN(c3ccc(C(=O)OCCCN4CCOCC4)cn3)CC2)cc(C)c1O. The molecule has 1 atom stereocenters. The highest BCUT2D eigenvalue weighted by atomic mass is 16.6. The van der Waals surface area contributed by atoms with Gasteiger partial charge in [0.25, 0.3) is 5.91 Å². The Kier molecular flexibility index (Phi) is 13.3. The lowest BCUT2D eigenvalue weighted by atomic mass is 10.0. The maximum atomic E-state index is 14.2. The van der Waals surface area contributed by atoms with Gasteiger partial charge in [-0.3, -0.25) is 9.69 Å². The lowest BCUT2D eigenvalue weighted by Gasteiger charge is -2.39. The van der Waals surface area contributed by atoms with E-state index in [4.69, 9.17) is 14.2 Å². The third-order valence-electron chi connectivity index (χ3n) is 11.7. The summed E-state index contributed by atoms with van der Waals surface area (Å²) in [5.41, 5.74) is 4.47. The van der Waals surface area contributed by atoms with Crippen molar-refractivity contribution >= 4 is 35.5 Å². The largest absolute Gasteiger partial charge is 0.507 e. The van der Waals surface area contributed by atoms with E-state index in [0.29, 0.717) is 87.8 Å². The summed E-state index contributed by atoms with van der Waals surface area (Å²) >= 11 is 0. The van der Waals surface area contributed by atoms with Gasteiger partial charge in [0.05, 0.1) is 25.4 Å². The number of piperidine rings is 1. The van der Waals surface area contributed by atoms with E-state index < -0.39 is 18.2 Å². The molecule has 2 aromatic carbocycles. The molecule has 4 aliphatic rings. The Morgan fingerprint density at radius 3 is 2.34 bits per heavy atom. The summed E-state index contributed by atoms with van der Waals surface area (Å²) in [6, 6.07) is 14.8. The van der Waals surface area contributed by atoms with E-state index >= 15 is 0 Å². The van der Waals surface area contributed by atoms with Crippen LogP contribution in [-0.2, 0) is 31.8 Å². The molecule has 4 aliphatic heterocycles. The molecule has 15 heteroatoms. The van der Waals surface area contributed by atoms with Gasteiger partial charge in [0.15, 0.2) is 6.10 Å². The number of hydrogen-bond donors (Lipinski definition) is 2. The number of anilines is 2. The van der Waals surface area contributed by atoms with Crippen molar-refractivity contribution < 1.29 is 38.5 Å². The summed E-state index contributed by atoms with van der Waals surface area (Å²) in [6.45, 7) is 11.3. The molecule has 310 valence electrons. The van der Waals surface area contributed by atoms with Crippen molar-refractivity contribution in [2.75, 3.05) is 95.5 Å². The van der Waals surface area contributed by atoms with Crippen LogP contribution >= 0.6 is 0 Å². The molecular formula is C43H55N7O8. The number of aromatic nitrogens is 1. The number of amides is 4. The summed E-state index contributed by atoms with van der Waals surface area (Å²) in [4.78, 5) is 67.8. The van der Waals surface area contributed by atoms with Crippen LogP contribution in [0.5, 0.6) is 5.75 Å². The topological polar surface area (TPSA) is 157 Å². The number of carbonyl (C=O) groups is 4. The Bertz CT molecular complexity index is 1900. The van der Waals surface area contributed by atoms with Crippen LogP contribution in [0, 0.1) is 13.8 Å². The minimum absolute atomic E-state index is 0.0229. The highest BCUT2D eigenvalue weighted by Gasteiger charge is 2.35. The second kappa shape index (κ2) is 18.9. The molecule has 0 spiro atoms. The summed E-state index contributed by atoms with van der Waals surface area (Å²) < 4.78 is 16.9. The van der Waals surface area contributed by atoms with Crippen LogP contribution in [0.4, 0.5) is 21.1 Å². The van der Waals surface area contributed by atoms with E-state index in [2.05, 4.69) is 20.1 Å². The number of likely N-dealkylation sites (tertiary alicyclic amines) is 1. The van der Waals surface area contributed by atoms with Crippen LogP contribution in [0.25, 0.3) is 0 Å². The number of ether oxygens (including phenoxy) is 3. The minimum atomic E-state index is -1.08. The number of rotatable bonds is 11. The van der Waals surface area contributed by atoms with Crippen LogP contribution in [0.15, 0.2) is 54.7 Å².